The first-order chi connectivity index (χ1) is 9.16. The number of rotatable bonds is 4. The van der Waals surface area contributed by atoms with Gasteiger partial charge in [0, 0.05) is 15.1 Å². The molecule has 1 aliphatic rings. The van der Waals surface area contributed by atoms with Gasteiger partial charge in [-0.25, -0.2) is 0 Å². The molecule has 1 atom stereocenters. The number of amides is 1. The van der Waals surface area contributed by atoms with Crippen LogP contribution in [-0.2, 0) is 0 Å². The molecular weight excluding hydrogens is 375 g/mol. The number of halogens is 2. The van der Waals surface area contributed by atoms with Crippen molar-refractivity contribution in [3.8, 4) is 0 Å². The summed E-state index contributed by atoms with van der Waals surface area (Å²) in [6, 6.07) is 5.39. The molecule has 0 radical (unpaired) electrons. The fraction of sp³-hybridized carbons (Fsp3) is 0.500. The van der Waals surface area contributed by atoms with Gasteiger partial charge in [0.2, 0.25) is 0 Å². The predicted molar refractivity (Wildman–Crippen MR) is 86.7 cm³/mol. The standard InChI is InChI=1S/C14H18ClIN2O/c15-11-3-4-13(16)12(8-11)14(19)18-7-5-10-2-1-6-17-9-10/h3-4,8,10,17H,1-2,5-7,9H2,(H,18,19). The van der Waals surface area contributed by atoms with Gasteiger partial charge in [-0.2, -0.15) is 0 Å². The molecule has 0 saturated carbocycles. The van der Waals surface area contributed by atoms with Gasteiger partial charge in [0.25, 0.3) is 5.91 Å². The summed E-state index contributed by atoms with van der Waals surface area (Å²) in [5.41, 5.74) is 0.662. The third-order valence-electron chi connectivity index (χ3n) is 3.41. The smallest absolute Gasteiger partial charge is 0.252 e. The van der Waals surface area contributed by atoms with Crippen molar-refractivity contribution in [3.05, 3.63) is 32.4 Å². The first-order valence-corrected chi connectivity index (χ1v) is 8.06. The van der Waals surface area contributed by atoms with Crippen LogP contribution in [0.2, 0.25) is 5.02 Å². The van der Waals surface area contributed by atoms with E-state index in [1.807, 2.05) is 6.07 Å². The van der Waals surface area contributed by atoms with Gasteiger partial charge in [0.1, 0.15) is 0 Å². The van der Waals surface area contributed by atoms with Crippen LogP contribution >= 0.6 is 34.2 Å². The molecule has 104 valence electrons. The number of hydrogen-bond donors (Lipinski definition) is 2. The van der Waals surface area contributed by atoms with Crippen molar-refractivity contribution in [1.29, 1.82) is 0 Å². The Bertz CT molecular complexity index is 447. The second-order valence-electron chi connectivity index (χ2n) is 4.88. The molecular formula is C14H18ClIN2O. The summed E-state index contributed by atoms with van der Waals surface area (Å²) >= 11 is 8.08. The molecule has 2 rings (SSSR count). The molecule has 1 amide bonds. The van der Waals surface area contributed by atoms with Gasteiger partial charge in [-0.3, -0.25) is 4.79 Å². The molecule has 1 aliphatic heterocycles. The Labute approximate surface area is 132 Å². The summed E-state index contributed by atoms with van der Waals surface area (Å²) in [6.45, 7) is 2.93. The summed E-state index contributed by atoms with van der Waals surface area (Å²) in [4.78, 5) is 12.1. The number of carbonyl (C=O) groups excluding carboxylic acids is 1. The van der Waals surface area contributed by atoms with Gasteiger partial charge in [0.05, 0.1) is 5.56 Å². The van der Waals surface area contributed by atoms with Crippen LogP contribution < -0.4 is 10.6 Å². The minimum absolute atomic E-state index is 0.0318. The molecule has 5 heteroatoms. The van der Waals surface area contributed by atoms with E-state index >= 15 is 0 Å². The molecule has 1 heterocycles. The van der Waals surface area contributed by atoms with Gasteiger partial charge in [-0.05, 0) is 79.1 Å². The van der Waals surface area contributed by atoms with E-state index in [4.69, 9.17) is 11.6 Å². The Morgan fingerprint density at radius 1 is 1.53 bits per heavy atom. The van der Waals surface area contributed by atoms with Crippen molar-refractivity contribution in [2.24, 2.45) is 5.92 Å². The molecule has 2 N–H and O–H groups in total. The fourth-order valence-corrected chi connectivity index (χ4v) is 3.08. The lowest BCUT2D eigenvalue weighted by atomic mass is 9.96. The van der Waals surface area contributed by atoms with Crippen molar-refractivity contribution in [2.75, 3.05) is 19.6 Å². The van der Waals surface area contributed by atoms with Crippen molar-refractivity contribution < 1.29 is 4.79 Å². The second kappa shape index (κ2) is 7.45. The largest absolute Gasteiger partial charge is 0.352 e. The van der Waals surface area contributed by atoms with Crippen LogP contribution in [0.15, 0.2) is 18.2 Å². The topological polar surface area (TPSA) is 41.1 Å². The SMILES string of the molecule is O=C(NCCC1CCCNC1)c1cc(Cl)ccc1I. The third-order valence-corrected chi connectivity index (χ3v) is 4.59. The van der Waals surface area contributed by atoms with E-state index in [0.717, 1.165) is 29.6 Å². The first kappa shape index (κ1) is 15.1. The van der Waals surface area contributed by atoms with Crippen LogP contribution in [0, 0.1) is 9.49 Å². The lowest BCUT2D eigenvalue weighted by molar-refractivity contribution is 0.0950. The average Bonchev–Trinajstić information content (AvgIpc) is 2.42. The maximum atomic E-state index is 12.1. The van der Waals surface area contributed by atoms with E-state index in [2.05, 4.69) is 33.2 Å². The van der Waals surface area contributed by atoms with Gasteiger partial charge in [0.15, 0.2) is 0 Å². The molecule has 1 fully saturated rings. The number of benzene rings is 1. The monoisotopic (exact) mass is 392 g/mol. The van der Waals surface area contributed by atoms with Crippen molar-refractivity contribution in [3.63, 3.8) is 0 Å². The molecule has 3 nitrogen and oxygen atoms in total. The molecule has 0 aromatic heterocycles. The average molecular weight is 393 g/mol. The summed E-state index contributed by atoms with van der Waals surface area (Å²) < 4.78 is 0.929. The van der Waals surface area contributed by atoms with E-state index in [1.165, 1.54) is 12.8 Å². The second-order valence-corrected chi connectivity index (χ2v) is 6.48. The summed E-state index contributed by atoms with van der Waals surface area (Å²) in [7, 11) is 0. The van der Waals surface area contributed by atoms with E-state index in [0.29, 0.717) is 16.5 Å². The van der Waals surface area contributed by atoms with Crippen molar-refractivity contribution in [2.45, 2.75) is 19.3 Å². The van der Waals surface area contributed by atoms with Crippen LogP contribution in [0.3, 0.4) is 0 Å². The van der Waals surface area contributed by atoms with E-state index in [9.17, 15) is 4.79 Å². The van der Waals surface area contributed by atoms with Crippen LogP contribution in [0.4, 0.5) is 0 Å². The zero-order valence-electron chi connectivity index (χ0n) is 10.7. The van der Waals surface area contributed by atoms with Gasteiger partial charge >= 0.3 is 0 Å². The summed E-state index contributed by atoms with van der Waals surface area (Å²) in [6.07, 6.45) is 3.54. The number of piperidine rings is 1. The molecule has 0 aliphatic carbocycles. The van der Waals surface area contributed by atoms with Crippen LogP contribution in [0.1, 0.15) is 29.6 Å². The van der Waals surface area contributed by atoms with Crippen LogP contribution in [0.5, 0.6) is 0 Å². The third kappa shape index (κ3) is 4.61. The number of carbonyl (C=O) groups is 1. The maximum Gasteiger partial charge on any atom is 0.252 e. The summed E-state index contributed by atoms with van der Waals surface area (Å²) in [5, 5.41) is 6.97. The molecule has 1 aromatic rings. The highest BCUT2D eigenvalue weighted by atomic mass is 127. The zero-order chi connectivity index (χ0) is 13.7. The van der Waals surface area contributed by atoms with E-state index in [-0.39, 0.29) is 5.91 Å². The normalized spacial score (nSPS) is 19.2. The van der Waals surface area contributed by atoms with Crippen molar-refractivity contribution >= 4 is 40.1 Å². The van der Waals surface area contributed by atoms with Crippen LogP contribution in [-0.4, -0.2) is 25.5 Å². The fourth-order valence-electron chi connectivity index (χ4n) is 2.33. The lowest BCUT2D eigenvalue weighted by Crippen LogP contribution is -2.33. The molecule has 19 heavy (non-hydrogen) atoms. The highest BCUT2D eigenvalue weighted by Gasteiger charge is 2.14. The van der Waals surface area contributed by atoms with Crippen molar-refractivity contribution in [1.82, 2.24) is 10.6 Å². The Morgan fingerprint density at radius 2 is 2.37 bits per heavy atom. The Morgan fingerprint density at radius 3 is 3.11 bits per heavy atom. The lowest BCUT2D eigenvalue weighted by Gasteiger charge is -2.22. The van der Waals surface area contributed by atoms with Crippen LogP contribution in [0.25, 0.3) is 0 Å². The first-order valence-electron chi connectivity index (χ1n) is 6.61. The molecule has 1 unspecified atom stereocenters. The summed E-state index contributed by atoms with van der Waals surface area (Å²) in [5.74, 6) is 0.656. The Balaban J connectivity index is 1.82. The molecule has 1 saturated heterocycles. The minimum atomic E-state index is -0.0318. The quantitative estimate of drug-likeness (QED) is 0.773. The van der Waals surface area contributed by atoms with Gasteiger partial charge in [-0.1, -0.05) is 11.6 Å². The highest BCUT2D eigenvalue weighted by Crippen LogP contribution is 2.18. The maximum absolute atomic E-state index is 12.1. The predicted octanol–water partition coefficient (Wildman–Crippen LogP) is 3.06. The Hall–Kier alpha value is -0.330. The molecule has 0 spiro atoms. The molecule has 0 bridgehead atoms. The van der Waals surface area contributed by atoms with Gasteiger partial charge in [-0.15, -0.1) is 0 Å². The zero-order valence-corrected chi connectivity index (χ0v) is 13.6. The van der Waals surface area contributed by atoms with E-state index in [1.54, 1.807) is 12.1 Å². The van der Waals surface area contributed by atoms with E-state index < -0.39 is 0 Å². The Kier molecular flexibility index (Phi) is 5.91. The van der Waals surface area contributed by atoms with Gasteiger partial charge < -0.3 is 10.6 Å². The minimum Gasteiger partial charge on any atom is -0.352 e. The number of hydrogen-bond acceptors (Lipinski definition) is 2. The molecule has 1 aromatic carbocycles. The number of nitrogens with one attached hydrogen (secondary N) is 2. The highest BCUT2D eigenvalue weighted by molar-refractivity contribution is 14.1.